The number of imide groups is 1. The van der Waals surface area contributed by atoms with Crippen molar-refractivity contribution < 1.29 is 19.1 Å². The maximum Gasteiger partial charge on any atom is 0.240 e. The molecule has 0 unspecified atom stereocenters. The van der Waals surface area contributed by atoms with Crippen LogP contribution in [0.3, 0.4) is 0 Å². The lowest BCUT2D eigenvalue weighted by Gasteiger charge is -2.42. The van der Waals surface area contributed by atoms with Crippen molar-refractivity contribution in [3.63, 3.8) is 0 Å². The van der Waals surface area contributed by atoms with Gasteiger partial charge in [0, 0.05) is 20.4 Å². The first-order valence-electron chi connectivity index (χ1n) is 7.56. The number of ether oxygens (including phenoxy) is 2. The molecular weight excluding hydrogens is 426 g/mol. The molecule has 1 saturated carbocycles. The summed E-state index contributed by atoms with van der Waals surface area (Å²) in [5.41, 5.74) is 0.310. The number of pyridine rings is 1. The SMILES string of the molecule is COC1(OC)[C@@]2(Cl)C(Cl)=C(Cl)[C@]1(Cl)[C@H]1C(=O)N(c3cccnc3)C(=O)[C@@H]12. The Balaban J connectivity index is 1.95. The lowest BCUT2D eigenvalue weighted by atomic mass is 9.84. The van der Waals surface area contributed by atoms with Crippen LogP contribution in [0, 0.1) is 11.8 Å². The zero-order chi connectivity index (χ0) is 19.1. The predicted octanol–water partition coefficient (Wildman–Crippen LogP) is 2.85. The molecule has 26 heavy (non-hydrogen) atoms. The van der Waals surface area contributed by atoms with Gasteiger partial charge in [-0.1, -0.05) is 23.2 Å². The van der Waals surface area contributed by atoms with Crippen LogP contribution in [0.25, 0.3) is 0 Å². The van der Waals surface area contributed by atoms with Crippen molar-refractivity contribution in [2.75, 3.05) is 19.1 Å². The van der Waals surface area contributed by atoms with Crippen LogP contribution in [0.4, 0.5) is 5.69 Å². The molecule has 2 bridgehead atoms. The third-order valence-corrected chi connectivity index (χ3v) is 8.04. The molecule has 2 fully saturated rings. The maximum atomic E-state index is 13.2. The van der Waals surface area contributed by atoms with Crippen LogP contribution in [-0.4, -0.2) is 46.6 Å². The monoisotopic (exact) mass is 436 g/mol. The van der Waals surface area contributed by atoms with Crippen molar-refractivity contribution >= 4 is 63.9 Å². The molecule has 1 aliphatic heterocycles. The minimum atomic E-state index is -1.78. The molecule has 0 N–H and O–H groups in total. The van der Waals surface area contributed by atoms with Crippen LogP contribution in [0.5, 0.6) is 0 Å². The number of hydrogen-bond donors (Lipinski definition) is 0. The first-order valence-corrected chi connectivity index (χ1v) is 9.07. The lowest BCUT2D eigenvalue weighted by Crippen LogP contribution is -2.60. The Bertz CT molecular complexity index is 813. The highest BCUT2D eigenvalue weighted by Gasteiger charge is 2.89. The lowest BCUT2D eigenvalue weighted by molar-refractivity contribution is -0.221. The Morgan fingerprint density at radius 1 is 1.04 bits per heavy atom. The third kappa shape index (κ3) is 1.64. The summed E-state index contributed by atoms with van der Waals surface area (Å²) in [6.45, 7) is 0. The molecule has 138 valence electrons. The van der Waals surface area contributed by atoms with Crippen molar-refractivity contribution in [3.8, 4) is 0 Å². The number of nitrogens with zero attached hydrogens (tertiary/aromatic N) is 2. The standard InChI is InChI=1S/C16H12Cl4N2O4/c1-25-16(26-2)14(19)8-9(15(16,20)11(18)10(14)17)13(24)22(12(8)23)7-4-3-5-21-6-7/h3-6,8-9H,1-2H3/t8-,9-,14-,15+/m1/s1. The second-order valence-electron chi connectivity index (χ2n) is 6.25. The van der Waals surface area contributed by atoms with Crippen molar-refractivity contribution in [3.05, 3.63) is 34.6 Å². The van der Waals surface area contributed by atoms with Crippen LogP contribution < -0.4 is 4.90 Å². The van der Waals surface area contributed by atoms with Gasteiger partial charge in [-0.15, -0.1) is 23.2 Å². The first-order chi connectivity index (χ1) is 12.2. The van der Waals surface area contributed by atoms with E-state index >= 15 is 0 Å². The number of fused-ring (bicyclic) bond motifs is 5. The van der Waals surface area contributed by atoms with E-state index in [0.29, 0.717) is 5.69 Å². The van der Waals surface area contributed by atoms with E-state index < -0.39 is 39.2 Å². The molecule has 0 aromatic carbocycles. The van der Waals surface area contributed by atoms with Crippen LogP contribution in [0.2, 0.25) is 0 Å². The number of alkyl halides is 2. The summed E-state index contributed by atoms with van der Waals surface area (Å²) in [5.74, 6) is -5.12. The number of hydrogen-bond acceptors (Lipinski definition) is 5. The quantitative estimate of drug-likeness (QED) is 0.413. The average molecular weight is 438 g/mol. The fourth-order valence-corrected chi connectivity index (χ4v) is 6.61. The van der Waals surface area contributed by atoms with Gasteiger partial charge >= 0.3 is 0 Å². The van der Waals surface area contributed by atoms with Gasteiger partial charge in [0.15, 0.2) is 0 Å². The molecule has 1 aromatic rings. The zero-order valence-electron chi connectivity index (χ0n) is 13.5. The molecular formula is C16H12Cl4N2O4. The minimum Gasteiger partial charge on any atom is -0.350 e. The van der Waals surface area contributed by atoms with Crippen molar-refractivity contribution in [1.82, 2.24) is 4.98 Å². The van der Waals surface area contributed by atoms with Gasteiger partial charge in [-0.05, 0) is 12.1 Å². The summed E-state index contributed by atoms with van der Waals surface area (Å²) in [6, 6.07) is 3.20. The molecule has 6 nitrogen and oxygen atoms in total. The van der Waals surface area contributed by atoms with Crippen LogP contribution >= 0.6 is 46.4 Å². The van der Waals surface area contributed by atoms with Crippen molar-refractivity contribution in [2.45, 2.75) is 15.5 Å². The van der Waals surface area contributed by atoms with E-state index in [-0.39, 0.29) is 10.1 Å². The summed E-state index contributed by atoms with van der Waals surface area (Å²) >= 11 is 26.5. The molecule has 4 atom stereocenters. The van der Waals surface area contributed by atoms with Gasteiger partial charge in [-0.2, -0.15) is 0 Å². The Morgan fingerprint density at radius 2 is 1.54 bits per heavy atom. The Kier molecular flexibility index (Phi) is 3.95. The smallest absolute Gasteiger partial charge is 0.240 e. The predicted molar refractivity (Wildman–Crippen MR) is 96.4 cm³/mol. The highest BCUT2D eigenvalue weighted by atomic mass is 35.5. The summed E-state index contributed by atoms with van der Waals surface area (Å²) in [6.07, 6.45) is 2.93. The summed E-state index contributed by atoms with van der Waals surface area (Å²) in [7, 11) is 2.62. The van der Waals surface area contributed by atoms with Gasteiger partial charge in [0.2, 0.25) is 17.6 Å². The second-order valence-corrected chi connectivity index (χ2v) is 8.20. The van der Waals surface area contributed by atoms with Gasteiger partial charge in [0.1, 0.15) is 9.75 Å². The molecule has 4 rings (SSSR count). The second kappa shape index (κ2) is 5.56. The molecule has 0 radical (unpaired) electrons. The minimum absolute atomic E-state index is 0.0602. The molecule has 1 saturated heterocycles. The van der Waals surface area contributed by atoms with Gasteiger partial charge < -0.3 is 9.47 Å². The third-order valence-electron chi connectivity index (χ3n) is 5.43. The topological polar surface area (TPSA) is 68.7 Å². The van der Waals surface area contributed by atoms with Gasteiger partial charge in [0.25, 0.3) is 0 Å². The fraction of sp³-hybridized carbons (Fsp3) is 0.438. The molecule has 3 aliphatic rings. The zero-order valence-corrected chi connectivity index (χ0v) is 16.5. The summed E-state index contributed by atoms with van der Waals surface area (Å²) < 4.78 is 11.0. The number of halogens is 4. The van der Waals surface area contributed by atoms with Gasteiger partial charge in [0.05, 0.1) is 33.8 Å². The van der Waals surface area contributed by atoms with E-state index in [4.69, 9.17) is 55.9 Å². The fourth-order valence-electron chi connectivity index (χ4n) is 4.45. The molecule has 2 aliphatic carbocycles. The number of aromatic nitrogens is 1. The Morgan fingerprint density at radius 3 is 1.92 bits per heavy atom. The maximum absolute atomic E-state index is 13.2. The van der Waals surface area contributed by atoms with E-state index in [9.17, 15) is 9.59 Å². The number of anilines is 1. The van der Waals surface area contributed by atoms with E-state index in [0.717, 1.165) is 4.90 Å². The Hall–Kier alpha value is -0.890. The number of carbonyl (C=O) groups is 2. The molecule has 0 spiro atoms. The normalized spacial score (nSPS) is 37.7. The van der Waals surface area contributed by atoms with Crippen LogP contribution in [0.1, 0.15) is 0 Å². The van der Waals surface area contributed by atoms with E-state index in [2.05, 4.69) is 4.98 Å². The molecule has 2 heterocycles. The highest BCUT2D eigenvalue weighted by Crippen LogP contribution is 2.75. The number of methoxy groups -OCH3 is 2. The molecule has 1 aromatic heterocycles. The van der Waals surface area contributed by atoms with Crippen LogP contribution in [-0.2, 0) is 19.1 Å². The van der Waals surface area contributed by atoms with E-state index in [1.54, 1.807) is 12.1 Å². The Labute approximate surface area is 168 Å². The van der Waals surface area contributed by atoms with Crippen LogP contribution in [0.15, 0.2) is 34.6 Å². The van der Waals surface area contributed by atoms with Gasteiger partial charge in [-0.25, -0.2) is 4.90 Å². The van der Waals surface area contributed by atoms with Crippen molar-refractivity contribution in [1.29, 1.82) is 0 Å². The average Bonchev–Trinajstić information content (AvgIpc) is 3.06. The number of amides is 2. The number of rotatable bonds is 3. The largest absolute Gasteiger partial charge is 0.350 e. The molecule has 10 heteroatoms. The highest BCUT2D eigenvalue weighted by molar-refractivity contribution is 6.54. The molecule has 2 amide bonds. The van der Waals surface area contributed by atoms with E-state index in [1.807, 2.05) is 0 Å². The first kappa shape index (κ1) is 18.5. The van der Waals surface area contributed by atoms with Crippen molar-refractivity contribution in [2.24, 2.45) is 11.8 Å². The summed E-state index contributed by atoms with van der Waals surface area (Å²) in [5, 5.41) is -0.120. The van der Waals surface area contributed by atoms with E-state index in [1.165, 1.54) is 26.6 Å². The van der Waals surface area contributed by atoms with Gasteiger partial charge in [-0.3, -0.25) is 14.6 Å². The summed E-state index contributed by atoms with van der Waals surface area (Å²) in [4.78, 5) is 27.9. The number of carbonyl (C=O) groups excluding carboxylic acids is 2.